The van der Waals surface area contributed by atoms with Crippen LogP contribution in [-0.4, -0.2) is 47.5 Å². The molecule has 0 radical (unpaired) electrons. The molecule has 2 aliphatic rings. The first-order chi connectivity index (χ1) is 13.8. The lowest BCUT2D eigenvalue weighted by atomic mass is 9.81. The smallest absolute Gasteiger partial charge is 0.408 e. The van der Waals surface area contributed by atoms with Gasteiger partial charge in [-0.2, -0.15) is 0 Å². The van der Waals surface area contributed by atoms with Gasteiger partial charge < -0.3 is 20.5 Å². The molecule has 1 fully saturated rings. The highest BCUT2D eigenvalue weighted by molar-refractivity contribution is 6.22. The number of amides is 4. The molecular weight excluding hydrogens is 382 g/mol. The molecule has 29 heavy (non-hydrogen) atoms. The lowest BCUT2D eigenvalue weighted by molar-refractivity contribution is -0.140. The summed E-state index contributed by atoms with van der Waals surface area (Å²) in [6, 6.07) is 5.47. The predicted octanol–water partition coefficient (Wildman–Crippen LogP) is 0.890. The summed E-state index contributed by atoms with van der Waals surface area (Å²) in [5.41, 5.74) is 0.885. The van der Waals surface area contributed by atoms with Crippen LogP contribution in [0.15, 0.2) is 36.4 Å². The Bertz CT molecular complexity index is 894. The van der Waals surface area contributed by atoms with Crippen molar-refractivity contribution in [3.63, 3.8) is 0 Å². The second-order valence-corrected chi connectivity index (χ2v) is 6.68. The number of carboxylic acid groups (broad SMARTS) is 1. The number of fused-ring (bicyclic) bond motifs is 1. The van der Waals surface area contributed by atoms with Crippen molar-refractivity contribution in [1.29, 1.82) is 0 Å². The van der Waals surface area contributed by atoms with Crippen molar-refractivity contribution in [2.45, 2.75) is 19.4 Å². The van der Waals surface area contributed by atoms with E-state index in [0.29, 0.717) is 17.8 Å². The van der Waals surface area contributed by atoms with Crippen LogP contribution in [0.25, 0.3) is 0 Å². The Kier molecular flexibility index (Phi) is 5.62. The molecule has 1 aliphatic heterocycles. The highest BCUT2D eigenvalue weighted by Crippen LogP contribution is 2.38. The number of alkyl carbamates (subject to hydrolysis) is 1. The average molecular weight is 401 g/mol. The molecule has 0 saturated carbocycles. The normalized spacial score (nSPS) is 22.8. The number of carboxylic acids is 1. The van der Waals surface area contributed by atoms with Crippen LogP contribution < -0.4 is 15.5 Å². The third-order valence-corrected chi connectivity index (χ3v) is 4.65. The lowest BCUT2D eigenvalue weighted by Gasteiger charge is -2.26. The number of aliphatic carboxylic acids is 1. The Morgan fingerprint density at radius 2 is 1.86 bits per heavy atom. The number of anilines is 2. The number of carbonyl (C=O) groups excluding carboxylic acids is 4. The summed E-state index contributed by atoms with van der Waals surface area (Å²) in [4.78, 5) is 60.3. The summed E-state index contributed by atoms with van der Waals surface area (Å²) in [6.07, 6.45) is 2.65. The Morgan fingerprint density at radius 1 is 1.17 bits per heavy atom. The molecule has 1 aliphatic carbocycles. The van der Waals surface area contributed by atoms with E-state index in [9.17, 15) is 24.0 Å². The first-order valence-corrected chi connectivity index (χ1v) is 8.85. The Hall–Kier alpha value is -3.69. The zero-order valence-electron chi connectivity index (χ0n) is 15.5. The monoisotopic (exact) mass is 401 g/mol. The predicted molar refractivity (Wildman–Crippen MR) is 99.9 cm³/mol. The molecule has 0 spiro atoms. The van der Waals surface area contributed by atoms with E-state index >= 15 is 0 Å². The minimum atomic E-state index is -1.31. The fourth-order valence-electron chi connectivity index (χ4n) is 3.49. The minimum absolute atomic E-state index is 0.244. The average Bonchev–Trinajstić information content (AvgIpc) is 2.92. The van der Waals surface area contributed by atoms with Gasteiger partial charge in [-0.05, 0) is 30.7 Å². The third kappa shape index (κ3) is 4.26. The molecule has 3 atom stereocenters. The molecule has 3 N–H and O–H groups in total. The molecule has 4 amide bonds. The number of allylic oxidation sites excluding steroid dienone is 1. The lowest BCUT2D eigenvalue weighted by Crippen LogP contribution is -2.45. The highest BCUT2D eigenvalue weighted by Gasteiger charge is 2.52. The summed E-state index contributed by atoms with van der Waals surface area (Å²) in [5, 5.41) is 13.6. The van der Waals surface area contributed by atoms with E-state index in [1.54, 1.807) is 36.4 Å². The zero-order valence-corrected chi connectivity index (χ0v) is 15.5. The quantitative estimate of drug-likeness (QED) is 0.491. The van der Waals surface area contributed by atoms with Gasteiger partial charge in [-0.25, -0.2) is 14.5 Å². The third-order valence-electron chi connectivity index (χ3n) is 4.65. The van der Waals surface area contributed by atoms with Gasteiger partial charge in [0.25, 0.3) is 0 Å². The summed E-state index contributed by atoms with van der Waals surface area (Å²) in [5.74, 6) is -3.88. The second-order valence-electron chi connectivity index (χ2n) is 6.68. The number of rotatable bonds is 5. The van der Waals surface area contributed by atoms with E-state index in [4.69, 9.17) is 5.11 Å². The van der Waals surface area contributed by atoms with E-state index in [1.807, 2.05) is 0 Å². The van der Waals surface area contributed by atoms with Gasteiger partial charge in [0.15, 0.2) is 6.61 Å². The van der Waals surface area contributed by atoms with Gasteiger partial charge in [-0.3, -0.25) is 14.4 Å². The number of imide groups is 1. The van der Waals surface area contributed by atoms with Crippen molar-refractivity contribution in [3.8, 4) is 0 Å². The first-order valence-electron chi connectivity index (χ1n) is 8.85. The Balaban J connectivity index is 1.76. The highest BCUT2D eigenvalue weighted by atomic mass is 16.6. The van der Waals surface area contributed by atoms with Gasteiger partial charge in [-0.1, -0.05) is 12.2 Å². The van der Waals surface area contributed by atoms with Crippen molar-refractivity contribution < 1.29 is 33.8 Å². The van der Waals surface area contributed by atoms with Crippen LogP contribution in [0.2, 0.25) is 0 Å². The van der Waals surface area contributed by atoms with E-state index in [0.717, 1.165) is 4.90 Å². The molecule has 1 saturated heterocycles. The van der Waals surface area contributed by atoms with Gasteiger partial charge in [0.2, 0.25) is 17.7 Å². The molecule has 0 bridgehead atoms. The fraction of sp³-hybridized carbons (Fsp3) is 0.316. The largest absolute Gasteiger partial charge is 0.479 e. The molecule has 0 aromatic heterocycles. The number of benzene rings is 1. The molecule has 3 rings (SSSR count). The van der Waals surface area contributed by atoms with Crippen molar-refractivity contribution in [2.24, 2.45) is 11.8 Å². The first kappa shape index (κ1) is 20.1. The number of nitrogens with zero attached hydrogens (tertiary/aromatic N) is 1. The van der Waals surface area contributed by atoms with Crippen LogP contribution >= 0.6 is 0 Å². The number of hydrogen-bond donors (Lipinski definition) is 3. The number of nitrogens with one attached hydrogen (secondary N) is 2. The summed E-state index contributed by atoms with van der Waals surface area (Å²) < 4.78 is 4.55. The van der Waals surface area contributed by atoms with Gasteiger partial charge in [0.05, 0.1) is 23.6 Å². The van der Waals surface area contributed by atoms with E-state index in [-0.39, 0.29) is 11.8 Å². The fourth-order valence-corrected chi connectivity index (χ4v) is 3.49. The molecule has 152 valence electrons. The maximum atomic E-state index is 13.0. The molecular formula is C19H19N3O7. The molecule has 1 heterocycles. The zero-order chi connectivity index (χ0) is 21.1. The van der Waals surface area contributed by atoms with Crippen LogP contribution in [0, 0.1) is 11.8 Å². The van der Waals surface area contributed by atoms with Crippen LogP contribution in [0.1, 0.15) is 13.3 Å². The Labute approximate surface area is 165 Å². The standard InChI is InChI=1S/C19H19N3O7/c1-10(23)20-11-5-7-12(8-6-11)22-17(26)13-3-2-4-14(16(13)18(22)27)21-19(28)29-9-15(24)25/h2,4-8,13-14,16H,3,9H2,1H3,(H,20,23)(H,21,28)(H,24,25). The molecule has 10 heteroatoms. The maximum Gasteiger partial charge on any atom is 0.408 e. The Morgan fingerprint density at radius 3 is 2.48 bits per heavy atom. The van der Waals surface area contributed by atoms with Gasteiger partial charge in [0.1, 0.15) is 0 Å². The minimum Gasteiger partial charge on any atom is -0.479 e. The summed E-state index contributed by atoms with van der Waals surface area (Å²) in [7, 11) is 0. The van der Waals surface area contributed by atoms with Crippen LogP contribution in [-0.2, 0) is 23.9 Å². The summed E-state index contributed by atoms with van der Waals surface area (Å²) in [6.45, 7) is 0.559. The molecule has 1 aromatic carbocycles. The molecule has 10 nitrogen and oxygen atoms in total. The van der Waals surface area contributed by atoms with Crippen LogP contribution in [0.4, 0.5) is 16.2 Å². The maximum absolute atomic E-state index is 13.0. The van der Waals surface area contributed by atoms with E-state index < -0.39 is 42.5 Å². The van der Waals surface area contributed by atoms with Gasteiger partial charge in [-0.15, -0.1) is 0 Å². The van der Waals surface area contributed by atoms with Crippen molar-refractivity contribution in [2.75, 3.05) is 16.8 Å². The molecule has 1 aromatic rings. The van der Waals surface area contributed by atoms with Crippen molar-refractivity contribution in [3.05, 3.63) is 36.4 Å². The second kappa shape index (κ2) is 8.13. The molecule has 3 unspecified atom stereocenters. The summed E-state index contributed by atoms with van der Waals surface area (Å²) >= 11 is 0. The van der Waals surface area contributed by atoms with E-state index in [2.05, 4.69) is 15.4 Å². The van der Waals surface area contributed by atoms with Crippen molar-refractivity contribution >= 4 is 41.2 Å². The van der Waals surface area contributed by atoms with Crippen LogP contribution in [0.5, 0.6) is 0 Å². The van der Waals surface area contributed by atoms with E-state index in [1.165, 1.54) is 6.92 Å². The van der Waals surface area contributed by atoms with Gasteiger partial charge >= 0.3 is 12.1 Å². The SMILES string of the molecule is CC(=O)Nc1ccc(N2C(=O)C3CC=CC(NC(=O)OCC(=O)O)C3C2=O)cc1. The van der Waals surface area contributed by atoms with Gasteiger partial charge in [0, 0.05) is 12.6 Å². The number of carbonyl (C=O) groups is 5. The van der Waals surface area contributed by atoms with Crippen LogP contribution in [0.3, 0.4) is 0 Å². The number of hydrogen-bond acceptors (Lipinski definition) is 6. The topological polar surface area (TPSA) is 142 Å². The van der Waals surface area contributed by atoms with Crippen molar-refractivity contribution in [1.82, 2.24) is 5.32 Å². The number of ether oxygens (including phenoxy) is 1.